The summed E-state index contributed by atoms with van der Waals surface area (Å²) in [4.78, 5) is 0. The highest BCUT2D eigenvalue weighted by Gasteiger charge is 2.04. The molecule has 1 aromatic rings. The molecule has 0 saturated carbocycles. The van der Waals surface area contributed by atoms with Gasteiger partial charge >= 0.3 is 0 Å². The van der Waals surface area contributed by atoms with E-state index in [-0.39, 0.29) is 0 Å². The average molecular weight is 186 g/mol. The number of para-hydroxylation sites is 1. The van der Waals surface area contributed by atoms with Crippen LogP contribution < -0.4 is 21.6 Å². The van der Waals surface area contributed by atoms with E-state index in [1.54, 1.807) is 12.1 Å². The topological polar surface area (TPSA) is 93.2 Å². The fourth-order valence-electron chi connectivity index (χ4n) is 0.673. The van der Waals surface area contributed by atoms with Crippen molar-refractivity contribution in [2.75, 3.05) is 5.43 Å². The zero-order valence-corrected chi connectivity index (χ0v) is 7.29. The molecule has 0 aliphatic carbocycles. The van der Waals surface area contributed by atoms with Gasteiger partial charge in [-0.3, -0.25) is 15.6 Å². The third kappa shape index (κ3) is 3.50. The number of hydrogen-bond acceptors (Lipinski definition) is 2. The molecule has 0 aliphatic rings. The molecule has 0 atom stereocenters. The van der Waals surface area contributed by atoms with E-state index < -0.39 is 7.59 Å². The second-order valence-electron chi connectivity index (χ2n) is 2.31. The largest absolute Gasteiger partial charge is 0.314 e. The fourth-order valence-corrected chi connectivity index (χ4v) is 0.977. The Balaban J connectivity index is 2.50. The number of hydrazine groups is 1. The molecule has 0 heterocycles. The second-order valence-corrected chi connectivity index (χ2v) is 3.95. The maximum Gasteiger partial charge on any atom is 0.291 e. The first kappa shape index (κ1) is 9.22. The SMILES string of the molecule is NP(N)(=O)NNc1ccccc1. The van der Waals surface area contributed by atoms with Crippen molar-refractivity contribution in [2.24, 2.45) is 11.0 Å². The number of anilines is 1. The first-order valence-electron chi connectivity index (χ1n) is 3.33. The molecule has 0 saturated heterocycles. The van der Waals surface area contributed by atoms with E-state index in [0.29, 0.717) is 0 Å². The molecule has 1 aromatic carbocycles. The molecule has 0 bridgehead atoms. The molecule has 0 fully saturated rings. The summed E-state index contributed by atoms with van der Waals surface area (Å²) in [6, 6.07) is 9.13. The zero-order valence-electron chi connectivity index (χ0n) is 6.40. The van der Waals surface area contributed by atoms with Crippen LogP contribution in [0.1, 0.15) is 0 Å². The van der Waals surface area contributed by atoms with E-state index in [4.69, 9.17) is 11.0 Å². The summed E-state index contributed by atoms with van der Waals surface area (Å²) in [5.41, 5.74) is 13.5. The van der Waals surface area contributed by atoms with E-state index in [2.05, 4.69) is 10.6 Å². The Kier molecular flexibility index (Phi) is 2.83. The van der Waals surface area contributed by atoms with E-state index in [0.717, 1.165) is 5.69 Å². The van der Waals surface area contributed by atoms with Crippen LogP contribution >= 0.6 is 7.59 Å². The molecule has 0 aromatic heterocycles. The maximum atomic E-state index is 10.8. The molecule has 0 spiro atoms. The van der Waals surface area contributed by atoms with Gasteiger partial charge in [0.05, 0.1) is 0 Å². The van der Waals surface area contributed by atoms with E-state index >= 15 is 0 Å². The van der Waals surface area contributed by atoms with Crippen LogP contribution in [-0.2, 0) is 4.57 Å². The van der Waals surface area contributed by atoms with Crippen molar-refractivity contribution in [1.29, 1.82) is 0 Å². The number of rotatable bonds is 3. The maximum absolute atomic E-state index is 10.8. The number of nitrogens with one attached hydrogen (secondary N) is 2. The normalized spacial score (nSPS) is 11.2. The smallest absolute Gasteiger partial charge is 0.291 e. The van der Waals surface area contributed by atoms with Crippen molar-refractivity contribution in [3.8, 4) is 0 Å². The highest BCUT2D eigenvalue weighted by atomic mass is 31.2. The standard InChI is InChI=1S/C6H11N4OP/c7-12(8,11)10-9-6-4-2-1-3-5-6/h1-5,9H,(H5,7,8,10,11). The van der Waals surface area contributed by atoms with Gasteiger partial charge < -0.3 is 5.43 Å². The lowest BCUT2D eigenvalue weighted by atomic mass is 10.3. The molecule has 66 valence electrons. The van der Waals surface area contributed by atoms with E-state index in [1.165, 1.54) is 0 Å². The predicted octanol–water partition coefficient (Wildman–Crippen LogP) is 0.629. The monoisotopic (exact) mass is 186 g/mol. The Hall–Kier alpha value is -0.870. The number of benzene rings is 1. The van der Waals surface area contributed by atoms with E-state index in [1.807, 2.05) is 18.2 Å². The summed E-state index contributed by atoms with van der Waals surface area (Å²) in [6.45, 7) is 0. The van der Waals surface area contributed by atoms with Gasteiger partial charge in [0.2, 0.25) is 0 Å². The van der Waals surface area contributed by atoms with Gasteiger partial charge in [0.25, 0.3) is 7.59 Å². The van der Waals surface area contributed by atoms with Crippen molar-refractivity contribution in [2.45, 2.75) is 0 Å². The minimum atomic E-state index is -3.19. The number of hydrogen-bond donors (Lipinski definition) is 4. The Morgan fingerprint density at radius 3 is 2.25 bits per heavy atom. The van der Waals surface area contributed by atoms with Gasteiger partial charge in [-0.25, -0.2) is 0 Å². The summed E-state index contributed by atoms with van der Waals surface area (Å²) in [7, 11) is -3.19. The highest BCUT2D eigenvalue weighted by molar-refractivity contribution is 7.56. The predicted molar refractivity (Wildman–Crippen MR) is 49.2 cm³/mol. The molecular weight excluding hydrogens is 175 g/mol. The lowest BCUT2D eigenvalue weighted by Gasteiger charge is -2.10. The minimum Gasteiger partial charge on any atom is -0.314 e. The average Bonchev–Trinajstić information content (AvgIpc) is 2.02. The lowest BCUT2D eigenvalue weighted by molar-refractivity contribution is 0.570. The van der Waals surface area contributed by atoms with Gasteiger partial charge in [0.15, 0.2) is 0 Å². The molecule has 0 unspecified atom stereocenters. The Morgan fingerprint density at radius 1 is 1.17 bits per heavy atom. The Morgan fingerprint density at radius 2 is 1.75 bits per heavy atom. The molecule has 0 aliphatic heterocycles. The Bertz CT molecular complexity index is 283. The molecule has 0 radical (unpaired) electrons. The van der Waals surface area contributed by atoms with Crippen molar-refractivity contribution < 1.29 is 4.57 Å². The van der Waals surface area contributed by atoms with Crippen molar-refractivity contribution in [1.82, 2.24) is 5.20 Å². The fraction of sp³-hybridized carbons (Fsp3) is 0. The van der Waals surface area contributed by atoms with Crippen LogP contribution in [0.5, 0.6) is 0 Å². The van der Waals surface area contributed by atoms with Crippen LogP contribution in [0.3, 0.4) is 0 Å². The van der Waals surface area contributed by atoms with Crippen LogP contribution in [-0.4, -0.2) is 0 Å². The van der Waals surface area contributed by atoms with Gasteiger partial charge in [-0.1, -0.05) is 18.2 Å². The minimum absolute atomic E-state index is 0.758. The number of nitrogens with two attached hydrogens (primary N) is 2. The lowest BCUT2D eigenvalue weighted by Crippen LogP contribution is -2.27. The second kappa shape index (κ2) is 3.69. The van der Waals surface area contributed by atoms with Gasteiger partial charge in [-0.2, -0.15) is 5.20 Å². The van der Waals surface area contributed by atoms with Crippen molar-refractivity contribution in [3.05, 3.63) is 30.3 Å². The van der Waals surface area contributed by atoms with Crippen molar-refractivity contribution >= 4 is 13.3 Å². The van der Waals surface area contributed by atoms with E-state index in [9.17, 15) is 4.57 Å². The van der Waals surface area contributed by atoms with Gasteiger partial charge in [0.1, 0.15) is 0 Å². The third-order valence-electron chi connectivity index (χ3n) is 1.15. The molecule has 5 nitrogen and oxygen atoms in total. The first-order chi connectivity index (χ1) is 5.58. The summed E-state index contributed by atoms with van der Waals surface area (Å²) < 4.78 is 10.8. The van der Waals surface area contributed by atoms with Crippen LogP contribution in [0.15, 0.2) is 30.3 Å². The van der Waals surface area contributed by atoms with Gasteiger partial charge in [-0.15, -0.1) is 0 Å². The Labute approximate surface area is 70.6 Å². The van der Waals surface area contributed by atoms with Crippen LogP contribution in [0.4, 0.5) is 5.69 Å². The molecular formula is C6H11N4OP. The highest BCUT2D eigenvalue weighted by Crippen LogP contribution is 2.17. The first-order valence-corrected chi connectivity index (χ1v) is 5.18. The quantitative estimate of drug-likeness (QED) is 0.410. The summed E-state index contributed by atoms with van der Waals surface area (Å²) in [5.74, 6) is 0. The summed E-state index contributed by atoms with van der Waals surface area (Å²) in [6.07, 6.45) is 0. The molecule has 6 heteroatoms. The molecule has 0 amide bonds. The molecule has 6 N–H and O–H groups in total. The molecule has 1 rings (SSSR count). The zero-order chi connectivity index (χ0) is 9.03. The third-order valence-corrected chi connectivity index (χ3v) is 1.61. The van der Waals surface area contributed by atoms with Gasteiger partial charge in [0, 0.05) is 5.69 Å². The molecule has 12 heavy (non-hydrogen) atoms. The van der Waals surface area contributed by atoms with Gasteiger partial charge in [-0.05, 0) is 12.1 Å². The van der Waals surface area contributed by atoms with Crippen LogP contribution in [0.2, 0.25) is 0 Å². The summed E-state index contributed by atoms with van der Waals surface area (Å²) in [5, 5.41) is 2.30. The van der Waals surface area contributed by atoms with Crippen molar-refractivity contribution in [3.63, 3.8) is 0 Å². The summed E-state index contributed by atoms with van der Waals surface area (Å²) >= 11 is 0. The van der Waals surface area contributed by atoms with Crippen LogP contribution in [0, 0.1) is 0 Å². The van der Waals surface area contributed by atoms with Crippen LogP contribution in [0.25, 0.3) is 0 Å².